The van der Waals surface area contributed by atoms with E-state index in [1.54, 1.807) is 30.3 Å². The number of aromatic nitrogens is 2. The number of rotatable bonds is 6. The number of aromatic amines is 1. The first-order chi connectivity index (χ1) is 13.7. The average Bonchev–Trinajstić information content (AvgIpc) is 3.06. The smallest absolute Gasteiger partial charge is 0.256 e. The van der Waals surface area contributed by atoms with Gasteiger partial charge in [-0.15, -0.1) is 0 Å². The number of nitrogens with two attached hydrogens (primary N) is 1. The third kappa shape index (κ3) is 4.71. The predicted octanol–water partition coefficient (Wildman–Crippen LogP) is 1.57. The summed E-state index contributed by atoms with van der Waals surface area (Å²) >= 11 is 0. The maximum atomic E-state index is 12.2. The first kappa shape index (κ1) is 20.3. The van der Waals surface area contributed by atoms with Gasteiger partial charge in [-0.1, -0.05) is 26.0 Å². The Bertz CT molecular complexity index is 1030. The fourth-order valence-electron chi connectivity index (χ4n) is 2.78. The normalized spacial score (nSPS) is 13.3. The lowest BCUT2D eigenvalue weighted by Crippen LogP contribution is -2.45. The van der Waals surface area contributed by atoms with Gasteiger partial charge in [-0.05, 0) is 41.8 Å². The molecule has 9 nitrogen and oxygen atoms in total. The molecule has 2 aromatic carbocycles. The number of imidazole rings is 1. The van der Waals surface area contributed by atoms with Crippen LogP contribution in [-0.4, -0.2) is 44.2 Å². The van der Waals surface area contributed by atoms with Crippen LogP contribution in [0.2, 0.25) is 0 Å². The molecule has 29 heavy (non-hydrogen) atoms. The minimum Gasteiger partial charge on any atom is -0.380 e. The highest BCUT2D eigenvalue weighted by Crippen LogP contribution is 2.19. The van der Waals surface area contributed by atoms with Crippen molar-refractivity contribution in [2.45, 2.75) is 32.0 Å². The number of aliphatic hydroxyl groups is 2. The lowest BCUT2D eigenvalue weighted by molar-refractivity contribution is -0.139. The van der Waals surface area contributed by atoms with E-state index >= 15 is 0 Å². The summed E-state index contributed by atoms with van der Waals surface area (Å²) in [6.45, 7) is 4.09. The molecule has 0 fully saturated rings. The van der Waals surface area contributed by atoms with Crippen molar-refractivity contribution in [1.29, 1.82) is 0 Å². The number of fused-ring (bicyclic) bond motifs is 1. The van der Waals surface area contributed by atoms with E-state index in [9.17, 15) is 19.8 Å². The standard InChI is InChI=1S/C20H23N5O4/c1-10(2)11-3-5-12(6-4-11)22-18(28)16(26)17(27)19(29)23-13-7-8-14-15(9-13)25-20(21)24-14/h3-10,16-17,26-27H,1-2H3,(H,22,28)(H,23,29)(H3,21,24,25)/t16-,17-/m1/s1. The number of carbonyl (C=O) groups is 2. The van der Waals surface area contributed by atoms with Crippen LogP contribution in [0.15, 0.2) is 42.5 Å². The molecule has 1 heterocycles. The number of amides is 2. The van der Waals surface area contributed by atoms with Gasteiger partial charge in [0, 0.05) is 11.4 Å². The molecule has 0 bridgehead atoms. The number of nitrogens with zero attached hydrogens (tertiary/aromatic N) is 1. The Morgan fingerprint density at radius 1 is 0.966 bits per heavy atom. The molecule has 0 saturated heterocycles. The summed E-state index contributed by atoms with van der Waals surface area (Å²) in [5.74, 6) is -1.23. The zero-order chi connectivity index (χ0) is 21.1. The topological polar surface area (TPSA) is 153 Å². The number of benzene rings is 2. The number of nitrogen functional groups attached to an aromatic ring is 1. The van der Waals surface area contributed by atoms with E-state index in [1.807, 2.05) is 26.0 Å². The van der Waals surface area contributed by atoms with E-state index in [2.05, 4.69) is 20.6 Å². The fourth-order valence-corrected chi connectivity index (χ4v) is 2.78. The van der Waals surface area contributed by atoms with Crippen molar-refractivity contribution in [1.82, 2.24) is 9.97 Å². The van der Waals surface area contributed by atoms with Gasteiger partial charge >= 0.3 is 0 Å². The molecule has 0 aliphatic rings. The molecule has 2 atom stereocenters. The van der Waals surface area contributed by atoms with E-state index in [1.165, 1.54) is 0 Å². The third-order valence-electron chi connectivity index (χ3n) is 4.45. The molecule has 3 rings (SSSR count). The number of nitrogens with one attached hydrogen (secondary N) is 3. The van der Waals surface area contributed by atoms with Crippen LogP contribution in [0.25, 0.3) is 11.0 Å². The molecule has 0 saturated carbocycles. The fraction of sp³-hybridized carbons (Fsp3) is 0.250. The first-order valence-corrected chi connectivity index (χ1v) is 9.07. The lowest BCUT2D eigenvalue weighted by Gasteiger charge is -2.17. The van der Waals surface area contributed by atoms with E-state index in [0.29, 0.717) is 28.3 Å². The van der Waals surface area contributed by atoms with Gasteiger partial charge in [0.2, 0.25) is 0 Å². The number of hydrogen-bond acceptors (Lipinski definition) is 6. The van der Waals surface area contributed by atoms with Crippen LogP contribution in [0, 0.1) is 0 Å². The molecule has 9 heteroatoms. The lowest BCUT2D eigenvalue weighted by atomic mass is 10.0. The maximum Gasteiger partial charge on any atom is 0.256 e. The first-order valence-electron chi connectivity index (χ1n) is 9.07. The summed E-state index contributed by atoms with van der Waals surface area (Å²) in [6.07, 6.45) is -3.89. The molecular formula is C20H23N5O4. The number of aliphatic hydroxyl groups excluding tert-OH is 2. The van der Waals surface area contributed by atoms with Crippen LogP contribution < -0.4 is 16.4 Å². The second-order valence-corrected chi connectivity index (χ2v) is 7.00. The summed E-state index contributed by atoms with van der Waals surface area (Å²) in [6, 6.07) is 11.9. The molecule has 0 aliphatic carbocycles. The highest BCUT2D eigenvalue weighted by atomic mass is 16.3. The molecule has 0 aliphatic heterocycles. The minimum atomic E-state index is -1.95. The van der Waals surface area contributed by atoms with E-state index < -0.39 is 24.0 Å². The van der Waals surface area contributed by atoms with Gasteiger partial charge in [0.1, 0.15) is 0 Å². The van der Waals surface area contributed by atoms with Gasteiger partial charge in [0.05, 0.1) is 11.0 Å². The Labute approximate surface area is 167 Å². The second-order valence-electron chi connectivity index (χ2n) is 7.00. The zero-order valence-electron chi connectivity index (χ0n) is 16.0. The quantitative estimate of drug-likeness (QED) is 0.371. The van der Waals surface area contributed by atoms with Crippen molar-refractivity contribution < 1.29 is 19.8 Å². The molecule has 0 radical (unpaired) electrons. The SMILES string of the molecule is CC(C)c1ccc(NC(=O)[C@H](O)[C@@H](O)C(=O)Nc2ccc3nc(N)[nH]c3c2)cc1. The Morgan fingerprint density at radius 2 is 1.52 bits per heavy atom. The van der Waals surface area contributed by atoms with Gasteiger partial charge in [-0.2, -0.15) is 0 Å². The molecule has 2 amide bonds. The van der Waals surface area contributed by atoms with E-state index in [-0.39, 0.29) is 5.95 Å². The number of carbonyl (C=O) groups excluding carboxylic acids is 2. The maximum absolute atomic E-state index is 12.2. The molecule has 3 aromatic rings. The highest BCUT2D eigenvalue weighted by molar-refractivity contribution is 6.02. The van der Waals surface area contributed by atoms with E-state index in [0.717, 1.165) is 5.56 Å². The molecule has 152 valence electrons. The van der Waals surface area contributed by atoms with Crippen molar-refractivity contribution in [3.8, 4) is 0 Å². The molecule has 1 aromatic heterocycles. The highest BCUT2D eigenvalue weighted by Gasteiger charge is 2.30. The summed E-state index contributed by atoms with van der Waals surface area (Å²) in [4.78, 5) is 31.3. The predicted molar refractivity (Wildman–Crippen MR) is 110 cm³/mol. The van der Waals surface area contributed by atoms with Crippen molar-refractivity contribution in [3.05, 3.63) is 48.0 Å². The van der Waals surface area contributed by atoms with Crippen LogP contribution >= 0.6 is 0 Å². The number of hydrogen-bond donors (Lipinski definition) is 6. The minimum absolute atomic E-state index is 0.233. The Balaban J connectivity index is 1.61. The second kappa shape index (κ2) is 8.29. The largest absolute Gasteiger partial charge is 0.380 e. The van der Waals surface area contributed by atoms with Crippen molar-refractivity contribution >= 4 is 40.2 Å². The van der Waals surface area contributed by atoms with Crippen LogP contribution in [-0.2, 0) is 9.59 Å². The van der Waals surface area contributed by atoms with Gasteiger partial charge in [0.15, 0.2) is 18.2 Å². The van der Waals surface area contributed by atoms with Crippen LogP contribution in [0.5, 0.6) is 0 Å². The molecule has 0 unspecified atom stereocenters. The molecular weight excluding hydrogens is 374 g/mol. The van der Waals surface area contributed by atoms with E-state index in [4.69, 9.17) is 5.73 Å². The van der Waals surface area contributed by atoms with Crippen molar-refractivity contribution in [3.63, 3.8) is 0 Å². The number of anilines is 3. The van der Waals surface area contributed by atoms with Crippen molar-refractivity contribution in [2.75, 3.05) is 16.4 Å². The van der Waals surface area contributed by atoms with Crippen molar-refractivity contribution in [2.24, 2.45) is 0 Å². The van der Waals surface area contributed by atoms with Gasteiger partial charge < -0.3 is 31.6 Å². The van der Waals surface area contributed by atoms with Crippen LogP contribution in [0.4, 0.5) is 17.3 Å². The summed E-state index contributed by atoms with van der Waals surface area (Å²) in [5.41, 5.74) is 8.69. The number of H-pyrrole nitrogens is 1. The third-order valence-corrected chi connectivity index (χ3v) is 4.45. The molecule has 0 spiro atoms. The average molecular weight is 397 g/mol. The van der Waals surface area contributed by atoms with Gasteiger partial charge in [-0.3, -0.25) is 9.59 Å². The Hall–Kier alpha value is -3.43. The Kier molecular flexibility index (Phi) is 5.81. The van der Waals surface area contributed by atoms with Gasteiger partial charge in [0.25, 0.3) is 11.8 Å². The monoisotopic (exact) mass is 397 g/mol. The molecule has 7 N–H and O–H groups in total. The van der Waals surface area contributed by atoms with Crippen LogP contribution in [0.3, 0.4) is 0 Å². The summed E-state index contributed by atoms with van der Waals surface area (Å²) in [5, 5.41) is 25.0. The van der Waals surface area contributed by atoms with Gasteiger partial charge in [-0.25, -0.2) is 4.98 Å². The summed E-state index contributed by atoms with van der Waals surface area (Å²) < 4.78 is 0. The Morgan fingerprint density at radius 3 is 2.10 bits per heavy atom. The summed E-state index contributed by atoms with van der Waals surface area (Å²) in [7, 11) is 0. The van der Waals surface area contributed by atoms with Crippen LogP contribution in [0.1, 0.15) is 25.3 Å². The zero-order valence-corrected chi connectivity index (χ0v) is 16.0.